The second kappa shape index (κ2) is 4.94. The van der Waals surface area contributed by atoms with Crippen LogP contribution < -0.4 is 0 Å². The molecule has 2 atom stereocenters. The number of hydrogen-bond acceptors (Lipinski definition) is 2. The van der Waals surface area contributed by atoms with Crippen LogP contribution in [0.2, 0.25) is 0 Å². The summed E-state index contributed by atoms with van der Waals surface area (Å²) < 4.78 is 0. The van der Waals surface area contributed by atoms with E-state index in [0.29, 0.717) is 0 Å². The van der Waals surface area contributed by atoms with Crippen molar-refractivity contribution in [2.45, 2.75) is 19.4 Å². The molecule has 0 fully saturated rings. The summed E-state index contributed by atoms with van der Waals surface area (Å²) in [6.45, 7) is 1.99. The molecule has 0 unspecified atom stereocenters. The minimum absolute atomic E-state index is 0.0797. The predicted octanol–water partition coefficient (Wildman–Crippen LogP) is 4.15. The SMILES string of the molecule is C[C@]1(C#N)C[C@H](c2ccccc2)N=C1c1ccccc1. The number of rotatable bonds is 2. The van der Waals surface area contributed by atoms with Gasteiger partial charge in [-0.1, -0.05) is 60.7 Å². The number of hydrogen-bond donors (Lipinski definition) is 0. The normalized spacial score (nSPS) is 25.0. The average Bonchev–Trinajstić information content (AvgIpc) is 2.88. The number of aliphatic imine (C=N–C) groups is 1. The molecular weight excluding hydrogens is 244 g/mol. The molecule has 1 aliphatic heterocycles. The van der Waals surface area contributed by atoms with E-state index in [4.69, 9.17) is 4.99 Å². The van der Waals surface area contributed by atoms with E-state index in [2.05, 4.69) is 18.2 Å². The minimum Gasteiger partial charge on any atom is -0.279 e. The van der Waals surface area contributed by atoms with Gasteiger partial charge in [0.1, 0.15) is 0 Å². The van der Waals surface area contributed by atoms with Crippen molar-refractivity contribution in [3.8, 4) is 6.07 Å². The lowest BCUT2D eigenvalue weighted by Gasteiger charge is -2.17. The summed E-state index contributed by atoms with van der Waals surface area (Å²) in [4.78, 5) is 4.85. The Bertz CT molecular complexity index is 668. The van der Waals surface area contributed by atoms with E-state index in [1.165, 1.54) is 5.56 Å². The van der Waals surface area contributed by atoms with Crippen LogP contribution in [0.4, 0.5) is 0 Å². The van der Waals surface area contributed by atoms with Gasteiger partial charge in [-0.05, 0) is 24.5 Å². The fraction of sp³-hybridized carbons (Fsp3) is 0.222. The van der Waals surface area contributed by atoms with Gasteiger partial charge in [-0.25, -0.2) is 0 Å². The summed E-state index contributed by atoms with van der Waals surface area (Å²) in [5, 5.41) is 9.59. The molecule has 0 spiro atoms. The number of nitriles is 1. The van der Waals surface area contributed by atoms with E-state index in [1.807, 2.05) is 55.5 Å². The van der Waals surface area contributed by atoms with Crippen molar-refractivity contribution < 1.29 is 0 Å². The molecule has 0 aromatic heterocycles. The van der Waals surface area contributed by atoms with E-state index in [9.17, 15) is 5.26 Å². The van der Waals surface area contributed by atoms with Crippen LogP contribution in [0.5, 0.6) is 0 Å². The molecule has 2 heteroatoms. The number of nitrogens with zero attached hydrogens (tertiary/aromatic N) is 2. The zero-order valence-electron chi connectivity index (χ0n) is 11.5. The van der Waals surface area contributed by atoms with Crippen molar-refractivity contribution in [3.05, 3.63) is 71.8 Å². The van der Waals surface area contributed by atoms with Crippen molar-refractivity contribution in [2.24, 2.45) is 10.4 Å². The molecule has 1 aliphatic rings. The van der Waals surface area contributed by atoms with Crippen LogP contribution in [-0.2, 0) is 0 Å². The maximum atomic E-state index is 9.59. The van der Waals surface area contributed by atoms with Crippen LogP contribution in [0.1, 0.15) is 30.5 Å². The van der Waals surface area contributed by atoms with Gasteiger partial charge in [0.25, 0.3) is 0 Å². The summed E-state index contributed by atoms with van der Waals surface area (Å²) in [5.41, 5.74) is 2.63. The summed E-state index contributed by atoms with van der Waals surface area (Å²) in [7, 11) is 0. The highest BCUT2D eigenvalue weighted by molar-refractivity contribution is 6.07. The molecule has 98 valence electrons. The van der Waals surface area contributed by atoms with Gasteiger partial charge in [0, 0.05) is 0 Å². The Morgan fingerprint density at radius 1 is 1.05 bits per heavy atom. The molecule has 0 aliphatic carbocycles. The third-order valence-corrected chi connectivity index (χ3v) is 3.89. The smallest absolute Gasteiger partial charge is 0.0990 e. The van der Waals surface area contributed by atoms with E-state index >= 15 is 0 Å². The van der Waals surface area contributed by atoms with E-state index < -0.39 is 5.41 Å². The fourth-order valence-corrected chi connectivity index (χ4v) is 2.78. The highest BCUT2D eigenvalue weighted by Gasteiger charge is 2.40. The molecule has 0 saturated carbocycles. The van der Waals surface area contributed by atoms with Crippen LogP contribution in [0.15, 0.2) is 65.7 Å². The van der Waals surface area contributed by atoms with Gasteiger partial charge in [-0.15, -0.1) is 0 Å². The Balaban J connectivity index is 2.04. The first-order chi connectivity index (χ1) is 9.73. The molecular formula is C18H16N2. The lowest BCUT2D eigenvalue weighted by molar-refractivity contribution is 0.535. The molecule has 0 amide bonds. The summed E-state index contributed by atoms with van der Waals surface area (Å²) in [6, 6.07) is 22.8. The lowest BCUT2D eigenvalue weighted by Crippen LogP contribution is -2.22. The van der Waals surface area contributed by atoms with Crippen molar-refractivity contribution in [3.63, 3.8) is 0 Å². The maximum Gasteiger partial charge on any atom is 0.0990 e. The van der Waals surface area contributed by atoms with Crippen molar-refractivity contribution >= 4 is 5.71 Å². The molecule has 0 saturated heterocycles. The Morgan fingerprint density at radius 2 is 1.65 bits per heavy atom. The Kier molecular flexibility index (Phi) is 3.12. The topological polar surface area (TPSA) is 36.1 Å². The maximum absolute atomic E-state index is 9.59. The van der Waals surface area contributed by atoms with Crippen LogP contribution >= 0.6 is 0 Å². The minimum atomic E-state index is -0.512. The Labute approximate surface area is 119 Å². The second-order valence-corrected chi connectivity index (χ2v) is 5.42. The lowest BCUT2D eigenvalue weighted by atomic mass is 9.80. The largest absolute Gasteiger partial charge is 0.279 e. The van der Waals surface area contributed by atoms with Gasteiger partial charge < -0.3 is 0 Å². The first kappa shape index (κ1) is 12.6. The van der Waals surface area contributed by atoms with E-state index in [1.54, 1.807) is 0 Å². The van der Waals surface area contributed by atoms with Crippen LogP contribution in [0.25, 0.3) is 0 Å². The molecule has 2 nitrogen and oxygen atoms in total. The van der Waals surface area contributed by atoms with Crippen LogP contribution in [0.3, 0.4) is 0 Å². The zero-order valence-corrected chi connectivity index (χ0v) is 11.5. The highest BCUT2D eigenvalue weighted by atomic mass is 14.9. The summed E-state index contributed by atoms with van der Waals surface area (Å²) >= 11 is 0. The van der Waals surface area contributed by atoms with Gasteiger partial charge in [0.2, 0.25) is 0 Å². The molecule has 0 radical (unpaired) electrons. The second-order valence-electron chi connectivity index (χ2n) is 5.42. The average molecular weight is 260 g/mol. The van der Waals surface area contributed by atoms with Gasteiger partial charge in [0.05, 0.1) is 23.2 Å². The van der Waals surface area contributed by atoms with Gasteiger partial charge in [-0.2, -0.15) is 5.26 Å². The Hall–Kier alpha value is -2.40. The van der Waals surface area contributed by atoms with Gasteiger partial charge in [0.15, 0.2) is 0 Å². The molecule has 20 heavy (non-hydrogen) atoms. The molecule has 0 bridgehead atoms. The van der Waals surface area contributed by atoms with Crippen LogP contribution in [-0.4, -0.2) is 5.71 Å². The monoisotopic (exact) mass is 260 g/mol. The predicted molar refractivity (Wildman–Crippen MR) is 80.5 cm³/mol. The van der Waals surface area contributed by atoms with E-state index in [0.717, 1.165) is 17.7 Å². The molecule has 1 heterocycles. The summed E-state index contributed by atoms with van der Waals surface area (Å²) in [5.74, 6) is 0. The van der Waals surface area contributed by atoms with Gasteiger partial charge in [-0.3, -0.25) is 4.99 Å². The first-order valence-corrected chi connectivity index (χ1v) is 6.83. The Morgan fingerprint density at radius 3 is 2.25 bits per heavy atom. The molecule has 2 aromatic carbocycles. The first-order valence-electron chi connectivity index (χ1n) is 6.83. The van der Waals surface area contributed by atoms with Gasteiger partial charge >= 0.3 is 0 Å². The molecule has 2 aromatic rings. The number of benzene rings is 2. The van der Waals surface area contributed by atoms with Crippen molar-refractivity contribution in [1.29, 1.82) is 5.26 Å². The quantitative estimate of drug-likeness (QED) is 0.799. The summed E-state index contributed by atoms with van der Waals surface area (Å²) in [6.07, 6.45) is 0.748. The highest BCUT2D eigenvalue weighted by Crippen LogP contribution is 2.42. The van der Waals surface area contributed by atoms with Crippen molar-refractivity contribution in [2.75, 3.05) is 0 Å². The fourth-order valence-electron chi connectivity index (χ4n) is 2.78. The zero-order chi connectivity index (χ0) is 14.0. The third kappa shape index (κ3) is 2.12. The standard InChI is InChI=1S/C18H16N2/c1-18(13-19)12-16(14-8-4-2-5-9-14)20-17(18)15-10-6-3-7-11-15/h2-11,16H,12H2,1H3/t16-,18-/m1/s1. The van der Waals surface area contributed by atoms with Crippen LogP contribution in [0, 0.1) is 16.7 Å². The molecule has 0 N–H and O–H groups in total. The third-order valence-electron chi connectivity index (χ3n) is 3.89. The van der Waals surface area contributed by atoms with Crippen molar-refractivity contribution in [1.82, 2.24) is 0 Å². The van der Waals surface area contributed by atoms with E-state index in [-0.39, 0.29) is 6.04 Å². The molecule has 3 rings (SSSR count).